The number of aliphatic hydroxyl groups excluding tert-OH is 1. The SMILES string of the molecule is CC1CCN(C(=O)c2cccnc2C(F)(F)F)CC1O. The van der Waals surface area contributed by atoms with E-state index in [-0.39, 0.29) is 12.5 Å². The van der Waals surface area contributed by atoms with Crippen molar-refractivity contribution in [3.8, 4) is 0 Å². The van der Waals surface area contributed by atoms with Gasteiger partial charge >= 0.3 is 6.18 Å². The molecule has 2 atom stereocenters. The molecule has 1 aromatic rings. The maximum absolute atomic E-state index is 12.8. The number of alkyl halides is 3. The van der Waals surface area contributed by atoms with Crippen molar-refractivity contribution in [3.05, 3.63) is 29.6 Å². The second-order valence-electron chi connectivity index (χ2n) is 4.98. The summed E-state index contributed by atoms with van der Waals surface area (Å²) in [7, 11) is 0. The van der Waals surface area contributed by atoms with Crippen molar-refractivity contribution >= 4 is 5.91 Å². The van der Waals surface area contributed by atoms with E-state index in [0.29, 0.717) is 13.0 Å². The van der Waals surface area contributed by atoms with Crippen molar-refractivity contribution in [1.29, 1.82) is 0 Å². The quantitative estimate of drug-likeness (QED) is 0.859. The van der Waals surface area contributed by atoms with Gasteiger partial charge in [-0.05, 0) is 24.5 Å². The number of rotatable bonds is 1. The Kier molecular flexibility index (Phi) is 3.99. The number of halogens is 3. The predicted molar refractivity (Wildman–Crippen MR) is 64.9 cm³/mol. The molecule has 1 aliphatic rings. The smallest absolute Gasteiger partial charge is 0.391 e. The highest BCUT2D eigenvalue weighted by Gasteiger charge is 2.38. The lowest BCUT2D eigenvalue weighted by atomic mass is 9.95. The van der Waals surface area contributed by atoms with Crippen LogP contribution in [0.4, 0.5) is 13.2 Å². The van der Waals surface area contributed by atoms with E-state index in [1.54, 1.807) is 0 Å². The summed E-state index contributed by atoms with van der Waals surface area (Å²) in [6.07, 6.45) is -3.81. The number of likely N-dealkylation sites (tertiary alicyclic amines) is 1. The topological polar surface area (TPSA) is 53.4 Å². The highest BCUT2D eigenvalue weighted by Crippen LogP contribution is 2.31. The molecule has 4 nitrogen and oxygen atoms in total. The number of piperidine rings is 1. The lowest BCUT2D eigenvalue weighted by molar-refractivity contribution is -0.141. The third-order valence-electron chi connectivity index (χ3n) is 3.51. The normalized spacial score (nSPS) is 23.8. The minimum Gasteiger partial charge on any atom is -0.391 e. The maximum Gasteiger partial charge on any atom is 0.434 e. The first-order valence-corrected chi connectivity index (χ1v) is 6.30. The van der Waals surface area contributed by atoms with Crippen LogP contribution in [0.25, 0.3) is 0 Å². The molecule has 110 valence electrons. The van der Waals surface area contributed by atoms with Gasteiger partial charge in [0, 0.05) is 19.3 Å². The van der Waals surface area contributed by atoms with Gasteiger partial charge in [0.25, 0.3) is 5.91 Å². The molecule has 0 radical (unpaired) electrons. The molecule has 7 heteroatoms. The Bertz CT molecular complexity index is 505. The Morgan fingerprint density at radius 1 is 1.50 bits per heavy atom. The number of β-amino-alcohol motifs (C(OH)–C–C–N with tert-alkyl or cyclic N) is 1. The van der Waals surface area contributed by atoms with Crippen LogP contribution in [-0.2, 0) is 6.18 Å². The van der Waals surface area contributed by atoms with Crippen LogP contribution >= 0.6 is 0 Å². The minimum atomic E-state index is -4.67. The Balaban J connectivity index is 2.26. The Morgan fingerprint density at radius 3 is 2.80 bits per heavy atom. The van der Waals surface area contributed by atoms with E-state index >= 15 is 0 Å². The van der Waals surface area contributed by atoms with Crippen molar-refractivity contribution < 1.29 is 23.1 Å². The molecule has 1 saturated heterocycles. The van der Waals surface area contributed by atoms with E-state index in [4.69, 9.17) is 0 Å². The Hall–Kier alpha value is -1.63. The lowest BCUT2D eigenvalue weighted by Crippen LogP contribution is -2.46. The molecule has 1 amide bonds. The second-order valence-corrected chi connectivity index (χ2v) is 4.98. The van der Waals surface area contributed by atoms with Gasteiger partial charge in [0.05, 0.1) is 11.7 Å². The van der Waals surface area contributed by atoms with Crippen molar-refractivity contribution in [2.75, 3.05) is 13.1 Å². The van der Waals surface area contributed by atoms with E-state index in [9.17, 15) is 23.1 Å². The first kappa shape index (κ1) is 14.8. The number of amides is 1. The van der Waals surface area contributed by atoms with Crippen LogP contribution in [0.15, 0.2) is 18.3 Å². The highest BCUT2D eigenvalue weighted by molar-refractivity contribution is 5.95. The summed E-state index contributed by atoms with van der Waals surface area (Å²) in [5.41, 5.74) is -1.65. The van der Waals surface area contributed by atoms with Gasteiger partial charge in [-0.15, -0.1) is 0 Å². The van der Waals surface area contributed by atoms with Crippen molar-refractivity contribution in [1.82, 2.24) is 9.88 Å². The zero-order valence-corrected chi connectivity index (χ0v) is 10.9. The fourth-order valence-electron chi connectivity index (χ4n) is 2.21. The molecule has 0 saturated carbocycles. The summed E-state index contributed by atoms with van der Waals surface area (Å²) in [5, 5.41) is 9.74. The maximum atomic E-state index is 12.8. The molecule has 20 heavy (non-hydrogen) atoms. The Morgan fingerprint density at radius 2 is 2.20 bits per heavy atom. The summed E-state index contributed by atoms with van der Waals surface area (Å²) in [4.78, 5) is 16.7. The van der Waals surface area contributed by atoms with E-state index in [1.165, 1.54) is 11.0 Å². The second kappa shape index (κ2) is 5.40. The fourth-order valence-corrected chi connectivity index (χ4v) is 2.21. The molecule has 1 fully saturated rings. The van der Waals surface area contributed by atoms with E-state index < -0.39 is 29.4 Å². The summed E-state index contributed by atoms with van der Waals surface area (Å²) >= 11 is 0. The van der Waals surface area contributed by atoms with Crippen LogP contribution < -0.4 is 0 Å². The van der Waals surface area contributed by atoms with Gasteiger partial charge in [-0.1, -0.05) is 6.92 Å². The molecular formula is C13H15F3N2O2. The molecule has 2 unspecified atom stereocenters. The Labute approximate surface area is 114 Å². The van der Waals surface area contributed by atoms with Crippen molar-refractivity contribution in [3.63, 3.8) is 0 Å². The van der Waals surface area contributed by atoms with Gasteiger partial charge in [0.1, 0.15) is 0 Å². The van der Waals surface area contributed by atoms with Gasteiger partial charge in [-0.3, -0.25) is 9.78 Å². The van der Waals surface area contributed by atoms with E-state index in [2.05, 4.69) is 4.98 Å². The summed E-state index contributed by atoms with van der Waals surface area (Å²) in [6.45, 7) is 2.23. The first-order chi connectivity index (χ1) is 9.30. The monoisotopic (exact) mass is 288 g/mol. The van der Waals surface area contributed by atoms with Crippen LogP contribution in [0.2, 0.25) is 0 Å². The third-order valence-corrected chi connectivity index (χ3v) is 3.51. The van der Waals surface area contributed by atoms with Gasteiger partial charge in [-0.25, -0.2) is 0 Å². The van der Waals surface area contributed by atoms with Crippen LogP contribution in [0, 0.1) is 5.92 Å². The molecule has 0 aliphatic carbocycles. The summed E-state index contributed by atoms with van der Waals surface area (Å²) in [6, 6.07) is 2.41. The highest BCUT2D eigenvalue weighted by atomic mass is 19.4. The molecule has 1 N–H and O–H groups in total. The van der Waals surface area contributed by atoms with Gasteiger partial charge in [-0.2, -0.15) is 13.2 Å². The zero-order valence-electron chi connectivity index (χ0n) is 10.9. The number of aromatic nitrogens is 1. The van der Waals surface area contributed by atoms with Crippen LogP contribution in [0.1, 0.15) is 29.4 Å². The summed E-state index contributed by atoms with van der Waals surface area (Å²) in [5.74, 6) is -0.702. The number of nitrogens with zero attached hydrogens (tertiary/aromatic N) is 2. The number of carbonyl (C=O) groups is 1. The molecule has 2 heterocycles. The standard InChI is InChI=1S/C13H15F3N2O2/c1-8-4-6-18(7-10(8)19)12(20)9-3-2-5-17-11(9)13(14,15)16/h2-3,5,8,10,19H,4,6-7H2,1H3. The molecular weight excluding hydrogens is 273 g/mol. The zero-order chi connectivity index (χ0) is 14.9. The van der Waals surface area contributed by atoms with Crippen molar-refractivity contribution in [2.45, 2.75) is 25.6 Å². The van der Waals surface area contributed by atoms with Gasteiger partial charge in [0.15, 0.2) is 5.69 Å². The third kappa shape index (κ3) is 2.92. The molecule has 0 bridgehead atoms. The lowest BCUT2D eigenvalue weighted by Gasteiger charge is -2.34. The largest absolute Gasteiger partial charge is 0.434 e. The van der Waals surface area contributed by atoms with Crippen LogP contribution in [0.5, 0.6) is 0 Å². The van der Waals surface area contributed by atoms with E-state index in [1.807, 2.05) is 6.92 Å². The predicted octanol–water partition coefficient (Wildman–Crippen LogP) is 1.94. The number of hydrogen-bond acceptors (Lipinski definition) is 3. The first-order valence-electron chi connectivity index (χ1n) is 6.30. The van der Waals surface area contributed by atoms with Gasteiger partial charge < -0.3 is 10.0 Å². The molecule has 1 aliphatic heterocycles. The van der Waals surface area contributed by atoms with Gasteiger partial charge in [0.2, 0.25) is 0 Å². The van der Waals surface area contributed by atoms with E-state index in [0.717, 1.165) is 12.3 Å². The fraction of sp³-hybridized carbons (Fsp3) is 0.538. The summed E-state index contributed by atoms with van der Waals surface area (Å²) < 4.78 is 38.5. The van der Waals surface area contributed by atoms with Crippen LogP contribution in [0.3, 0.4) is 0 Å². The number of carbonyl (C=O) groups excluding carboxylic acids is 1. The molecule has 1 aromatic heterocycles. The molecule has 0 spiro atoms. The average molecular weight is 288 g/mol. The molecule has 0 aromatic carbocycles. The minimum absolute atomic E-state index is 0.0371. The van der Waals surface area contributed by atoms with Crippen LogP contribution in [-0.4, -0.2) is 40.1 Å². The van der Waals surface area contributed by atoms with Crippen molar-refractivity contribution in [2.24, 2.45) is 5.92 Å². The number of pyridine rings is 1. The molecule has 2 rings (SSSR count). The average Bonchev–Trinajstić information content (AvgIpc) is 2.40. The number of aliphatic hydroxyl groups is 1. The number of hydrogen-bond donors (Lipinski definition) is 1.